The van der Waals surface area contributed by atoms with Crippen molar-refractivity contribution in [3.05, 3.63) is 35.9 Å². The first kappa shape index (κ1) is 10.2. The smallest absolute Gasteiger partial charge is 0.320 e. The molecular formula is C12H17NO2. The van der Waals surface area contributed by atoms with Crippen molar-refractivity contribution >= 4 is 5.97 Å². The quantitative estimate of drug-likeness (QED) is 0.793. The molecule has 3 atom stereocenters. The summed E-state index contributed by atoms with van der Waals surface area (Å²) >= 11 is 0. The Morgan fingerprint density at radius 3 is 2.53 bits per heavy atom. The molecule has 0 spiro atoms. The summed E-state index contributed by atoms with van der Waals surface area (Å²) in [7, 11) is 0. The molecule has 0 amide bonds. The van der Waals surface area contributed by atoms with E-state index >= 15 is 0 Å². The molecular weight excluding hydrogens is 190 g/mol. The molecule has 3 heteroatoms. The van der Waals surface area contributed by atoms with Gasteiger partial charge < -0.3 is 10.8 Å². The average molecular weight is 208 g/mol. The molecule has 1 aromatic rings. The van der Waals surface area contributed by atoms with Gasteiger partial charge in [-0.15, -0.1) is 0 Å². The van der Waals surface area contributed by atoms with Crippen LogP contribution in [0.1, 0.15) is 26.7 Å². The van der Waals surface area contributed by atoms with Crippen molar-refractivity contribution < 1.29 is 11.3 Å². The van der Waals surface area contributed by atoms with Gasteiger partial charge in [0.05, 0.1) is 0 Å². The Hall–Kier alpha value is -1.35. The van der Waals surface area contributed by atoms with Gasteiger partial charge in [-0.05, 0) is 17.4 Å². The van der Waals surface area contributed by atoms with E-state index in [0.29, 0.717) is 0 Å². The number of carbonyl (C=O) groups is 1. The second-order valence-electron chi connectivity index (χ2n) is 3.74. The molecule has 0 bridgehead atoms. The lowest BCUT2D eigenvalue weighted by Crippen LogP contribution is -2.38. The van der Waals surface area contributed by atoms with E-state index in [1.165, 1.54) is 0 Å². The van der Waals surface area contributed by atoms with Gasteiger partial charge in [-0.1, -0.05) is 44.2 Å². The zero-order valence-corrected chi connectivity index (χ0v) is 8.76. The fraction of sp³-hybridized carbons (Fsp3) is 0.417. The molecule has 15 heavy (non-hydrogen) atoms. The van der Waals surface area contributed by atoms with E-state index in [0.717, 1.165) is 5.56 Å². The summed E-state index contributed by atoms with van der Waals surface area (Å²) in [5, 5.41) is 8.86. The van der Waals surface area contributed by atoms with E-state index < -0.39 is 12.0 Å². The Morgan fingerprint density at radius 1 is 1.47 bits per heavy atom. The van der Waals surface area contributed by atoms with E-state index in [4.69, 9.17) is 12.2 Å². The minimum absolute atomic E-state index is 0.132. The van der Waals surface area contributed by atoms with Crippen molar-refractivity contribution in [3.8, 4) is 0 Å². The van der Waals surface area contributed by atoms with E-state index in [-0.39, 0.29) is 18.7 Å². The Kier molecular flexibility index (Phi) is 3.35. The van der Waals surface area contributed by atoms with Gasteiger partial charge in [0, 0.05) is 1.37 Å². The number of benzene rings is 1. The molecule has 3 unspecified atom stereocenters. The second-order valence-corrected chi connectivity index (χ2v) is 3.74. The third-order valence-corrected chi connectivity index (χ3v) is 2.71. The van der Waals surface area contributed by atoms with Gasteiger partial charge in [-0.2, -0.15) is 0 Å². The van der Waals surface area contributed by atoms with E-state index in [9.17, 15) is 4.79 Å². The standard InChI is InChI=1S/C12H17NO2/c1-8(9(2)11(13)12(14)15)10-6-4-3-5-7-10/h3-9,11H,13H2,1-2H3,(H,14,15)/i1D. The summed E-state index contributed by atoms with van der Waals surface area (Å²) in [5.41, 5.74) is 6.56. The van der Waals surface area contributed by atoms with E-state index in [1.54, 1.807) is 6.92 Å². The lowest BCUT2D eigenvalue weighted by molar-refractivity contribution is -0.139. The van der Waals surface area contributed by atoms with Crippen LogP contribution in [0.2, 0.25) is 0 Å². The number of hydrogen-bond donors (Lipinski definition) is 2. The number of carboxylic acids is 1. The molecule has 0 fully saturated rings. The third kappa shape index (κ3) is 2.80. The normalized spacial score (nSPS) is 17.6. The molecule has 0 saturated heterocycles. The molecule has 3 nitrogen and oxygen atoms in total. The first-order chi connectivity index (χ1) is 7.57. The summed E-state index contributed by atoms with van der Waals surface area (Å²) in [5.74, 6) is -1.40. The van der Waals surface area contributed by atoms with Gasteiger partial charge >= 0.3 is 5.97 Å². The molecule has 0 aliphatic carbocycles. The molecule has 0 saturated carbocycles. The number of hydrogen-bond acceptors (Lipinski definition) is 2. The Morgan fingerprint density at radius 2 is 2.07 bits per heavy atom. The predicted octanol–water partition coefficient (Wildman–Crippen LogP) is 1.84. The largest absolute Gasteiger partial charge is 0.480 e. The highest BCUT2D eigenvalue weighted by molar-refractivity contribution is 5.73. The van der Waals surface area contributed by atoms with Gasteiger partial charge in [0.25, 0.3) is 0 Å². The fourth-order valence-electron chi connectivity index (χ4n) is 1.48. The van der Waals surface area contributed by atoms with Crippen LogP contribution in [0.4, 0.5) is 0 Å². The zero-order valence-electron chi connectivity index (χ0n) is 9.76. The van der Waals surface area contributed by atoms with Crippen molar-refractivity contribution in [2.24, 2.45) is 11.7 Å². The highest BCUT2D eigenvalue weighted by atomic mass is 16.4. The van der Waals surface area contributed by atoms with Crippen LogP contribution >= 0.6 is 0 Å². The third-order valence-electron chi connectivity index (χ3n) is 2.71. The zero-order chi connectivity index (χ0) is 12.1. The minimum Gasteiger partial charge on any atom is -0.480 e. The lowest BCUT2D eigenvalue weighted by Gasteiger charge is -2.23. The Labute approximate surface area is 91.3 Å². The van der Waals surface area contributed by atoms with Gasteiger partial charge in [-0.25, -0.2) is 0 Å². The molecule has 0 aliphatic heterocycles. The summed E-state index contributed by atoms with van der Waals surface area (Å²) in [6, 6.07) is 8.56. The first-order valence-electron chi connectivity index (χ1n) is 5.61. The van der Waals surface area contributed by atoms with Crippen LogP contribution in [0.5, 0.6) is 0 Å². The Bertz CT molecular complexity index is 342. The minimum atomic E-state index is -1.01. The fourth-order valence-corrected chi connectivity index (χ4v) is 1.48. The summed E-state index contributed by atoms with van der Waals surface area (Å²) in [6.07, 6.45) is 0. The monoisotopic (exact) mass is 208 g/mol. The van der Waals surface area contributed by atoms with Gasteiger partial charge in [-0.3, -0.25) is 4.79 Å². The maximum absolute atomic E-state index is 10.8. The second kappa shape index (κ2) is 4.94. The number of nitrogens with two attached hydrogens (primary N) is 1. The predicted molar refractivity (Wildman–Crippen MR) is 59.6 cm³/mol. The van der Waals surface area contributed by atoms with Crippen LogP contribution in [0, 0.1) is 5.92 Å². The van der Waals surface area contributed by atoms with Crippen LogP contribution in [-0.2, 0) is 4.79 Å². The van der Waals surface area contributed by atoms with Crippen LogP contribution in [-0.4, -0.2) is 17.1 Å². The topological polar surface area (TPSA) is 63.3 Å². The molecule has 0 aromatic heterocycles. The van der Waals surface area contributed by atoms with Crippen molar-refractivity contribution in [2.45, 2.75) is 25.8 Å². The van der Waals surface area contributed by atoms with Crippen LogP contribution in [0.25, 0.3) is 0 Å². The SMILES string of the molecule is [2H]CC(c1ccccc1)C(C)C(N)C(=O)O. The summed E-state index contributed by atoms with van der Waals surface area (Å²) in [6.45, 7) is 1.93. The van der Waals surface area contributed by atoms with E-state index in [2.05, 4.69) is 0 Å². The number of carboxylic acid groups (broad SMARTS) is 1. The van der Waals surface area contributed by atoms with Crippen LogP contribution < -0.4 is 5.73 Å². The van der Waals surface area contributed by atoms with Gasteiger partial charge in [0.15, 0.2) is 0 Å². The van der Waals surface area contributed by atoms with E-state index in [1.807, 2.05) is 30.3 Å². The van der Waals surface area contributed by atoms with Crippen molar-refractivity contribution in [1.29, 1.82) is 0 Å². The molecule has 82 valence electrons. The molecule has 3 N–H and O–H groups in total. The molecule has 0 radical (unpaired) electrons. The Balaban J connectivity index is 2.87. The van der Waals surface area contributed by atoms with Crippen LogP contribution in [0.3, 0.4) is 0 Å². The maximum Gasteiger partial charge on any atom is 0.320 e. The molecule has 0 heterocycles. The van der Waals surface area contributed by atoms with Crippen LogP contribution in [0.15, 0.2) is 30.3 Å². The molecule has 0 aliphatic rings. The lowest BCUT2D eigenvalue weighted by atomic mass is 9.84. The number of aliphatic carboxylic acids is 1. The maximum atomic E-state index is 10.8. The summed E-state index contributed by atoms with van der Waals surface area (Å²) < 4.78 is 7.51. The highest BCUT2D eigenvalue weighted by Crippen LogP contribution is 2.25. The average Bonchev–Trinajstić information content (AvgIpc) is 2.30. The van der Waals surface area contributed by atoms with Crippen molar-refractivity contribution in [2.75, 3.05) is 0 Å². The highest BCUT2D eigenvalue weighted by Gasteiger charge is 2.25. The van der Waals surface area contributed by atoms with Gasteiger partial charge in [0.1, 0.15) is 6.04 Å². The summed E-state index contributed by atoms with van der Waals surface area (Å²) in [4.78, 5) is 10.8. The molecule has 1 aromatic carbocycles. The first-order valence-corrected chi connectivity index (χ1v) is 4.90. The van der Waals surface area contributed by atoms with Gasteiger partial charge in [0.2, 0.25) is 0 Å². The molecule has 1 rings (SSSR count). The number of rotatable bonds is 4. The van der Waals surface area contributed by atoms with Crippen molar-refractivity contribution in [1.82, 2.24) is 0 Å². The van der Waals surface area contributed by atoms with Crippen molar-refractivity contribution in [3.63, 3.8) is 0 Å².